The van der Waals surface area contributed by atoms with Crippen LogP contribution in [-0.2, 0) is 13.1 Å². The van der Waals surface area contributed by atoms with E-state index in [0.29, 0.717) is 0 Å². The van der Waals surface area contributed by atoms with E-state index < -0.39 is 0 Å². The van der Waals surface area contributed by atoms with Crippen LogP contribution >= 0.6 is 0 Å². The van der Waals surface area contributed by atoms with E-state index in [0.717, 1.165) is 24.5 Å². The molecule has 5 nitrogen and oxygen atoms in total. The molecule has 0 amide bonds. The van der Waals surface area contributed by atoms with E-state index in [4.69, 9.17) is 0 Å². The zero-order chi connectivity index (χ0) is 10.5. The van der Waals surface area contributed by atoms with E-state index in [-0.39, 0.29) is 0 Å². The van der Waals surface area contributed by atoms with Gasteiger partial charge in [-0.2, -0.15) is 5.10 Å². The van der Waals surface area contributed by atoms with Crippen molar-refractivity contribution < 1.29 is 0 Å². The Labute approximate surface area is 88.0 Å². The minimum Gasteiger partial charge on any atom is -0.307 e. The number of hydrogen-bond donors (Lipinski definition) is 2. The van der Waals surface area contributed by atoms with E-state index in [1.54, 1.807) is 12.5 Å². The summed E-state index contributed by atoms with van der Waals surface area (Å²) in [5.41, 5.74) is 3.28. The molecule has 0 aliphatic heterocycles. The number of aromatic amines is 1. The minimum atomic E-state index is 0.743. The quantitative estimate of drug-likeness (QED) is 0.771. The van der Waals surface area contributed by atoms with Crippen LogP contribution in [0, 0.1) is 6.92 Å². The van der Waals surface area contributed by atoms with Crippen LogP contribution < -0.4 is 5.32 Å². The first-order chi connectivity index (χ1) is 7.36. The van der Waals surface area contributed by atoms with Gasteiger partial charge in [-0.05, 0) is 13.0 Å². The molecule has 0 aliphatic carbocycles. The second kappa shape index (κ2) is 4.65. The predicted octanol–water partition coefficient (Wildman–Crippen LogP) is 0.798. The fourth-order valence-electron chi connectivity index (χ4n) is 1.30. The molecule has 0 atom stereocenters. The van der Waals surface area contributed by atoms with Crippen LogP contribution in [0.4, 0.5) is 0 Å². The molecule has 2 aromatic rings. The summed E-state index contributed by atoms with van der Waals surface area (Å²) in [6.45, 7) is 3.55. The summed E-state index contributed by atoms with van der Waals surface area (Å²) in [5, 5.41) is 10.2. The SMILES string of the molecule is Cc1[nH]ncc1CNCc1ccncn1. The average Bonchev–Trinajstić information content (AvgIpc) is 2.66. The van der Waals surface area contributed by atoms with Crippen LogP contribution in [0.15, 0.2) is 24.8 Å². The normalized spacial score (nSPS) is 10.5. The molecule has 2 rings (SSSR count). The van der Waals surface area contributed by atoms with Crippen LogP contribution in [-0.4, -0.2) is 20.2 Å². The van der Waals surface area contributed by atoms with Gasteiger partial charge in [-0.3, -0.25) is 5.10 Å². The summed E-state index contributed by atoms with van der Waals surface area (Å²) in [6, 6.07) is 1.90. The van der Waals surface area contributed by atoms with Crippen molar-refractivity contribution in [2.75, 3.05) is 0 Å². The Balaban J connectivity index is 1.83. The summed E-state index contributed by atoms with van der Waals surface area (Å²) in [5.74, 6) is 0. The van der Waals surface area contributed by atoms with E-state index in [2.05, 4.69) is 25.5 Å². The van der Waals surface area contributed by atoms with Crippen LogP contribution in [0.1, 0.15) is 17.0 Å². The molecule has 0 spiro atoms. The van der Waals surface area contributed by atoms with Gasteiger partial charge in [0, 0.05) is 30.5 Å². The van der Waals surface area contributed by atoms with Crippen LogP contribution in [0.2, 0.25) is 0 Å². The first-order valence-electron chi connectivity index (χ1n) is 4.80. The fourth-order valence-corrected chi connectivity index (χ4v) is 1.30. The number of nitrogens with one attached hydrogen (secondary N) is 2. The highest BCUT2D eigenvalue weighted by molar-refractivity contribution is 5.13. The van der Waals surface area contributed by atoms with Crippen LogP contribution in [0.5, 0.6) is 0 Å². The average molecular weight is 203 g/mol. The zero-order valence-electron chi connectivity index (χ0n) is 8.57. The Kier molecular flexibility index (Phi) is 3.04. The van der Waals surface area contributed by atoms with Gasteiger partial charge < -0.3 is 5.32 Å². The van der Waals surface area contributed by atoms with Gasteiger partial charge in [0.05, 0.1) is 11.9 Å². The Morgan fingerprint density at radius 1 is 1.40 bits per heavy atom. The monoisotopic (exact) mass is 203 g/mol. The van der Waals surface area contributed by atoms with Gasteiger partial charge in [0.1, 0.15) is 6.33 Å². The number of aryl methyl sites for hydroxylation is 1. The van der Waals surface area contributed by atoms with E-state index in [1.165, 1.54) is 5.56 Å². The number of aromatic nitrogens is 4. The van der Waals surface area contributed by atoms with E-state index >= 15 is 0 Å². The molecule has 5 heteroatoms. The van der Waals surface area contributed by atoms with E-state index in [9.17, 15) is 0 Å². The van der Waals surface area contributed by atoms with Crippen molar-refractivity contribution in [3.63, 3.8) is 0 Å². The van der Waals surface area contributed by atoms with Gasteiger partial charge in [0.15, 0.2) is 0 Å². The Morgan fingerprint density at radius 2 is 2.33 bits per heavy atom. The molecular formula is C10H13N5. The Morgan fingerprint density at radius 3 is 3.00 bits per heavy atom. The molecule has 0 aromatic carbocycles. The third-order valence-corrected chi connectivity index (χ3v) is 2.20. The number of hydrogen-bond acceptors (Lipinski definition) is 4. The Hall–Kier alpha value is -1.75. The molecule has 0 unspecified atom stereocenters. The summed E-state index contributed by atoms with van der Waals surface area (Å²) < 4.78 is 0. The first kappa shape index (κ1) is 9.79. The van der Waals surface area contributed by atoms with Crippen molar-refractivity contribution in [1.82, 2.24) is 25.5 Å². The second-order valence-electron chi connectivity index (χ2n) is 3.32. The van der Waals surface area contributed by atoms with Gasteiger partial charge in [0.2, 0.25) is 0 Å². The molecular weight excluding hydrogens is 190 g/mol. The number of nitrogens with zero attached hydrogens (tertiary/aromatic N) is 3. The summed E-state index contributed by atoms with van der Waals surface area (Å²) in [6.07, 6.45) is 5.13. The van der Waals surface area contributed by atoms with Crippen molar-refractivity contribution in [2.24, 2.45) is 0 Å². The Bertz CT molecular complexity index is 409. The lowest BCUT2D eigenvalue weighted by Gasteiger charge is -2.02. The topological polar surface area (TPSA) is 66.5 Å². The molecule has 0 saturated heterocycles. The third-order valence-electron chi connectivity index (χ3n) is 2.20. The number of rotatable bonds is 4. The lowest BCUT2D eigenvalue weighted by atomic mass is 10.2. The molecule has 78 valence electrons. The van der Waals surface area contributed by atoms with Crippen molar-refractivity contribution >= 4 is 0 Å². The maximum Gasteiger partial charge on any atom is 0.115 e. The second-order valence-corrected chi connectivity index (χ2v) is 3.32. The number of H-pyrrole nitrogens is 1. The zero-order valence-corrected chi connectivity index (χ0v) is 8.57. The predicted molar refractivity (Wildman–Crippen MR) is 55.9 cm³/mol. The molecule has 2 aromatic heterocycles. The van der Waals surface area contributed by atoms with Gasteiger partial charge in [-0.1, -0.05) is 0 Å². The van der Waals surface area contributed by atoms with Gasteiger partial charge in [-0.15, -0.1) is 0 Å². The molecule has 0 fully saturated rings. The van der Waals surface area contributed by atoms with Crippen molar-refractivity contribution in [3.05, 3.63) is 41.7 Å². The van der Waals surface area contributed by atoms with Crippen LogP contribution in [0.3, 0.4) is 0 Å². The van der Waals surface area contributed by atoms with Gasteiger partial charge >= 0.3 is 0 Å². The largest absolute Gasteiger partial charge is 0.307 e. The lowest BCUT2D eigenvalue weighted by molar-refractivity contribution is 0.675. The highest BCUT2D eigenvalue weighted by Gasteiger charge is 1.99. The summed E-state index contributed by atoms with van der Waals surface area (Å²) in [7, 11) is 0. The highest BCUT2D eigenvalue weighted by atomic mass is 15.1. The van der Waals surface area contributed by atoms with E-state index in [1.807, 2.05) is 19.2 Å². The van der Waals surface area contributed by atoms with Gasteiger partial charge in [0.25, 0.3) is 0 Å². The standard InChI is InChI=1S/C10H13N5/c1-8-9(5-14-15-8)4-12-6-10-2-3-11-7-13-10/h2-3,5,7,12H,4,6H2,1H3,(H,14,15). The maximum atomic E-state index is 4.12. The molecule has 0 radical (unpaired) electrons. The molecule has 15 heavy (non-hydrogen) atoms. The minimum absolute atomic E-state index is 0.743. The lowest BCUT2D eigenvalue weighted by Crippen LogP contribution is -2.13. The fraction of sp³-hybridized carbons (Fsp3) is 0.300. The van der Waals surface area contributed by atoms with Gasteiger partial charge in [-0.25, -0.2) is 9.97 Å². The molecule has 0 bridgehead atoms. The third kappa shape index (κ3) is 2.60. The molecule has 2 heterocycles. The smallest absolute Gasteiger partial charge is 0.115 e. The molecule has 0 aliphatic rings. The first-order valence-corrected chi connectivity index (χ1v) is 4.80. The van der Waals surface area contributed by atoms with Crippen LogP contribution in [0.25, 0.3) is 0 Å². The summed E-state index contributed by atoms with van der Waals surface area (Å²) >= 11 is 0. The summed E-state index contributed by atoms with van der Waals surface area (Å²) in [4.78, 5) is 7.99. The maximum absolute atomic E-state index is 4.12. The van der Waals surface area contributed by atoms with Crippen molar-refractivity contribution in [2.45, 2.75) is 20.0 Å². The molecule has 0 saturated carbocycles. The highest BCUT2D eigenvalue weighted by Crippen LogP contribution is 2.01. The van der Waals surface area contributed by atoms with Crippen molar-refractivity contribution in [1.29, 1.82) is 0 Å². The van der Waals surface area contributed by atoms with Crippen molar-refractivity contribution in [3.8, 4) is 0 Å². The molecule has 2 N–H and O–H groups in total.